The summed E-state index contributed by atoms with van der Waals surface area (Å²) in [5.41, 5.74) is 1.73. The minimum Gasteiger partial charge on any atom is -0.294 e. The molecule has 168 valence electrons. The van der Waals surface area contributed by atoms with Crippen LogP contribution in [0.4, 0.5) is 13.2 Å². The van der Waals surface area contributed by atoms with E-state index in [1.165, 1.54) is 35.6 Å². The highest BCUT2D eigenvalue weighted by atomic mass is 35.5. The average molecular weight is 519 g/mol. The molecule has 3 rings (SSSR count). The molecule has 1 heterocycles. The van der Waals surface area contributed by atoms with Gasteiger partial charge in [0.05, 0.1) is 5.92 Å². The number of halogens is 6. The van der Waals surface area contributed by atoms with Gasteiger partial charge in [-0.05, 0) is 48.2 Å². The van der Waals surface area contributed by atoms with E-state index in [1.807, 2.05) is 0 Å². The van der Waals surface area contributed by atoms with Crippen LogP contribution in [-0.2, 0) is 6.42 Å². The van der Waals surface area contributed by atoms with E-state index in [0.717, 1.165) is 11.0 Å². The molecule has 0 spiro atoms. The second-order valence-electron chi connectivity index (χ2n) is 7.16. The lowest BCUT2D eigenvalue weighted by Crippen LogP contribution is -2.18. The molecule has 0 aliphatic rings. The molecule has 3 aromatic rings. The molecule has 0 fully saturated rings. The number of carbonyl (C=O) groups excluding carboxylic acids is 1. The summed E-state index contributed by atoms with van der Waals surface area (Å²) in [6, 6.07) is 8.82. The second kappa shape index (κ2) is 10.4. The number of carbonyl (C=O) groups is 1. The Balaban J connectivity index is 1.77. The van der Waals surface area contributed by atoms with Crippen LogP contribution in [-0.4, -0.2) is 16.9 Å². The second-order valence-corrected chi connectivity index (χ2v) is 9.73. The standard InChI is InChI=1S/C23H17Cl3F3NOS/c1-13-8-14(2-5-19(13)21(31)7-4-18-12-30-22(26)32-18)3-6-20(23(27,28)29)15-9-16(24)11-17(25)10-15/h2-3,5-6,8-12,20H,4,7H2,1H3/b6-3+. The van der Waals surface area contributed by atoms with E-state index in [0.29, 0.717) is 34.0 Å². The summed E-state index contributed by atoms with van der Waals surface area (Å²) >= 11 is 18.9. The molecule has 1 aromatic heterocycles. The molecule has 32 heavy (non-hydrogen) atoms. The van der Waals surface area contributed by atoms with Crippen molar-refractivity contribution in [2.45, 2.75) is 31.9 Å². The van der Waals surface area contributed by atoms with Gasteiger partial charge in [0.1, 0.15) is 0 Å². The van der Waals surface area contributed by atoms with Crippen molar-refractivity contribution >= 4 is 58.0 Å². The van der Waals surface area contributed by atoms with Crippen molar-refractivity contribution in [3.8, 4) is 0 Å². The van der Waals surface area contributed by atoms with Gasteiger partial charge in [0.15, 0.2) is 10.3 Å². The van der Waals surface area contributed by atoms with Crippen molar-refractivity contribution < 1.29 is 18.0 Å². The van der Waals surface area contributed by atoms with Crippen molar-refractivity contribution in [2.24, 2.45) is 0 Å². The molecule has 2 aromatic carbocycles. The lowest BCUT2D eigenvalue weighted by atomic mass is 9.95. The highest BCUT2D eigenvalue weighted by Gasteiger charge is 2.39. The Hall–Kier alpha value is -1.86. The monoisotopic (exact) mass is 517 g/mol. The van der Waals surface area contributed by atoms with Gasteiger partial charge in [0.2, 0.25) is 0 Å². The van der Waals surface area contributed by atoms with Crippen LogP contribution in [0.1, 0.15) is 44.3 Å². The number of allylic oxidation sites excluding steroid dienone is 1. The van der Waals surface area contributed by atoms with E-state index in [4.69, 9.17) is 34.8 Å². The predicted octanol–water partition coefficient (Wildman–Crippen LogP) is 8.59. The van der Waals surface area contributed by atoms with Crippen LogP contribution in [0.3, 0.4) is 0 Å². The summed E-state index contributed by atoms with van der Waals surface area (Å²) < 4.78 is 41.4. The molecule has 0 aliphatic carbocycles. The Morgan fingerprint density at radius 1 is 1.12 bits per heavy atom. The van der Waals surface area contributed by atoms with Crippen LogP contribution < -0.4 is 0 Å². The number of nitrogens with zero attached hydrogens (tertiary/aromatic N) is 1. The first kappa shape index (κ1) is 24.8. The van der Waals surface area contributed by atoms with Crippen LogP contribution in [0.25, 0.3) is 6.08 Å². The van der Waals surface area contributed by atoms with E-state index < -0.39 is 12.1 Å². The van der Waals surface area contributed by atoms with Crippen molar-refractivity contribution in [3.63, 3.8) is 0 Å². The zero-order valence-electron chi connectivity index (χ0n) is 16.7. The van der Waals surface area contributed by atoms with Crippen LogP contribution >= 0.6 is 46.1 Å². The molecule has 0 amide bonds. The fourth-order valence-corrected chi connectivity index (χ4v) is 4.77. The van der Waals surface area contributed by atoms with Crippen molar-refractivity contribution in [1.29, 1.82) is 0 Å². The van der Waals surface area contributed by atoms with Gasteiger partial charge in [0, 0.05) is 33.1 Å². The molecule has 0 saturated carbocycles. The average Bonchev–Trinajstić information content (AvgIpc) is 3.10. The third-order valence-electron chi connectivity index (χ3n) is 4.75. The zero-order valence-corrected chi connectivity index (χ0v) is 19.8. The number of thiazole rings is 1. The van der Waals surface area contributed by atoms with Crippen LogP contribution in [0.5, 0.6) is 0 Å². The molecule has 1 unspecified atom stereocenters. The SMILES string of the molecule is Cc1cc(/C=C/C(c2cc(Cl)cc(Cl)c2)C(F)(F)F)ccc1C(=O)CCc1cnc(Cl)s1. The third kappa shape index (κ3) is 6.58. The number of aromatic nitrogens is 1. The topological polar surface area (TPSA) is 30.0 Å². The summed E-state index contributed by atoms with van der Waals surface area (Å²) in [4.78, 5) is 17.4. The number of rotatable bonds is 7. The van der Waals surface area contributed by atoms with Crippen LogP contribution in [0.2, 0.25) is 14.5 Å². The lowest BCUT2D eigenvalue weighted by Gasteiger charge is -2.18. The quantitative estimate of drug-likeness (QED) is 0.293. The molecule has 9 heteroatoms. The summed E-state index contributed by atoms with van der Waals surface area (Å²) in [5.74, 6) is -1.92. The maximum absolute atomic E-state index is 13.7. The first-order chi connectivity index (χ1) is 15.0. The lowest BCUT2D eigenvalue weighted by molar-refractivity contribution is -0.139. The van der Waals surface area contributed by atoms with Crippen molar-refractivity contribution in [1.82, 2.24) is 4.98 Å². The van der Waals surface area contributed by atoms with Gasteiger partial charge in [-0.25, -0.2) is 4.98 Å². The Morgan fingerprint density at radius 2 is 1.81 bits per heavy atom. The van der Waals surface area contributed by atoms with Crippen LogP contribution in [0, 0.1) is 6.92 Å². The Labute approximate surface area is 202 Å². The molecule has 2 nitrogen and oxygen atoms in total. The zero-order chi connectivity index (χ0) is 23.5. The maximum atomic E-state index is 13.7. The summed E-state index contributed by atoms with van der Waals surface area (Å²) in [7, 11) is 0. The van der Waals surface area contributed by atoms with Crippen molar-refractivity contribution in [2.75, 3.05) is 0 Å². The number of Topliss-reactive ketones (excluding diaryl/α,β-unsaturated/α-hetero) is 1. The minimum absolute atomic E-state index is 0.0436. The number of alkyl halides is 3. The molecular formula is C23H17Cl3F3NOS. The molecule has 0 N–H and O–H groups in total. The minimum atomic E-state index is -4.52. The molecule has 0 saturated heterocycles. The molecule has 0 aliphatic heterocycles. The summed E-state index contributed by atoms with van der Waals surface area (Å²) in [6.45, 7) is 1.76. The van der Waals surface area contributed by atoms with E-state index in [1.54, 1.807) is 31.3 Å². The number of aryl methyl sites for hydroxylation is 2. The summed E-state index contributed by atoms with van der Waals surface area (Å²) in [6.07, 6.45) is 0.388. The molecule has 1 atom stereocenters. The fourth-order valence-electron chi connectivity index (χ4n) is 3.25. The maximum Gasteiger partial charge on any atom is 0.399 e. The third-order valence-corrected chi connectivity index (χ3v) is 6.36. The first-order valence-electron chi connectivity index (χ1n) is 9.48. The van der Waals surface area contributed by atoms with E-state index in [2.05, 4.69) is 4.98 Å². The number of hydrogen-bond acceptors (Lipinski definition) is 3. The fraction of sp³-hybridized carbons (Fsp3) is 0.217. The Bertz CT molecular complexity index is 1140. The van der Waals surface area contributed by atoms with Gasteiger partial charge >= 0.3 is 6.18 Å². The summed E-state index contributed by atoms with van der Waals surface area (Å²) in [5, 5.41) is 0.268. The first-order valence-corrected chi connectivity index (χ1v) is 11.4. The van der Waals surface area contributed by atoms with E-state index >= 15 is 0 Å². The predicted molar refractivity (Wildman–Crippen MR) is 125 cm³/mol. The molecular weight excluding hydrogens is 502 g/mol. The van der Waals surface area contributed by atoms with Gasteiger partial charge in [0.25, 0.3) is 0 Å². The van der Waals surface area contributed by atoms with E-state index in [-0.39, 0.29) is 21.4 Å². The van der Waals surface area contributed by atoms with Gasteiger partial charge in [-0.1, -0.05) is 65.2 Å². The molecule has 0 radical (unpaired) electrons. The highest BCUT2D eigenvalue weighted by Crippen LogP contribution is 2.38. The van der Waals surface area contributed by atoms with E-state index in [9.17, 15) is 18.0 Å². The van der Waals surface area contributed by atoms with Gasteiger partial charge in [-0.15, -0.1) is 11.3 Å². The largest absolute Gasteiger partial charge is 0.399 e. The van der Waals surface area contributed by atoms with Crippen LogP contribution in [0.15, 0.2) is 48.7 Å². The van der Waals surface area contributed by atoms with Gasteiger partial charge in [-0.2, -0.15) is 13.2 Å². The smallest absolute Gasteiger partial charge is 0.294 e. The van der Waals surface area contributed by atoms with Gasteiger partial charge in [-0.3, -0.25) is 4.79 Å². The number of ketones is 1. The van der Waals surface area contributed by atoms with Crippen molar-refractivity contribution in [3.05, 3.63) is 90.3 Å². The Morgan fingerprint density at radius 3 is 2.38 bits per heavy atom. The number of benzene rings is 2. The van der Waals surface area contributed by atoms with Gasteiger partial charge < -0.3 is 0 Å². The normalized spacial score (nSPS) is 13.0. The molecule has 0 bridgehead atoms. The Kier molecular flexibility index (Phi) is 8.04. The highest BCUT2D eigenvalue weighted by molar-refractivity contribution is 7.15. The number of hydrogen-bond donors (Lipinski definition) is 0.